The van der Waals surface area contributed by atoms with Crippen LogP contribution >= 0.6 is 0 Å². The van der Waals surface area contributed by atoms with Gasteiger partial charge in [-0.2, -0.15) is 0 Å². The highest BCUT2D eigenvalue weighted by molar-refractivity contribution is 5.88. The minimum atomic E-state index is -1.14. The molecule has 8 atom stereocenters. The van der Waals surface area contributed by atoms with E-state index in [0.717, 1.165) is 0 Å². The van der Waals surface area contributed by atoms with Crippen molar-refractivity contribution in [2.75, 3.05) is 0 Å². The molecular weight excluding hydrogens is 492 g/mol. The third-order valence-corrected chi connectivity index (χ3v) is 9.15. The van der Waals surface area contributed by atoms with Crippen molar-refractivity contribution in [3.05, 3.63) is 34.9 Å². The molecular formula is C29H38O9. The molecule has 0 aromatic rings. The molecule has 3 aliphatic carbocycles. The van der Waals surface area contributed by atoms with Crippen molar-refractivity contribution >= 4 is 23.9 Å². The Balaban J connectivity index is 1.85. The summed E-state index contributed by atoms with van der Waals surface area (Å²) in [5.41, 5.74) is 0.627. The number of hydrogen-bond donors (Lipinski definition) is 0. The van der Waals surface area contributed by atoms with E-state index in [1.54, 1.807) is 39.8 Å². The topological polar surface area (TPSA) is 114 Å². The molecule has 0 unspecified atom stereocenters. The highest BCUT2D eigenvalue weighted by Crippen LogP contribution is 2.75. The number of hydrogen-bond acceptors (Lipinski definition) is 9. The molecule has 1 aliphatic heterocycles. The van der Waals surface area contributed by atoms with Crippen molar-refractivity contribution in [3.8, 4) is 0 Å². The fourth-order valence-electron chi connectivity index (χ4n) is 7.21. The van der Waals surface area contributed by atoms with Gasteiger partial charge in [-0.3, -0.25) is 14.3 Å². The van der Waals surface area contributed by atoms with Gasteiger partial charge in [-0.05, 0) is 57.9 Å². The molecule has 38 heavy (non-hydrogen) atoms. The molecule has 0 radical (unpaired) electrons. The summed E-state index contributed by atoms with van der Waals surface area (Å²) < 4.78 is 29.4. The van der Waals surface area contributed by atoms with Crippen molar-refractivity contribution in [1.29, 1.82) is 0 Å². The van der Waals surface area contributed by atoms with Gasteiger partial charge in [-0.25, -0.2) is 9.59 Å². The van der Waals surface area contributed by atoms with Crippen molar-refractivity contribution in [2.24, 2.45) is 28.6 Å². The predicted molar refractivity (Wildman–Crippen MR) is 135 cm³/mol. The zero-order valence-electron chi connectivity index (χ0n) is 23.4. The van der Waals surface area contributed by atoms with Crippen LogP contribution in [-0.2, 0) is 42.9 Å². The summed E-state index contributed by atoms with van der Waals surface area (Å²) in [6, 6.07) is 0. The smallest absolute Gasteiger partial charge is 0.333 e. The number of carbonyl (C=O) groups excluding carboxylic acids is 4. The average molecular weight is 531 g/mol. The maximum atomic E-state index is 12.9. The van der Waals surface area contributed by atoms with Gasteiger partial charge in [0.25, 0.3) is 0 Å². The van der Waals surface area contributed by atoms with Crippen molar-refractivity contribution in [2.45, 2.75) is 93.0 Å². The number of allylic oxidation sites excluding steroid dienone is 2. The molecule has 4 aliphatic rings. The molecule has 0 amide bonds. The summed E-state index contributed by atoms with van der Waals surface area (Å²) in [5, 5.41) is 0. The number of esters is 4. The Morgan fingerprint density at radius 3 is 2.03 bits per heavy atom. The number of rotatable bonds is 6. The lowest BCUT2D eigenvalue weighted by molar-refractivity contribution is -0.281. The molecule has 4 rings (SSSR count). The van der Waals surface area contributed by atoms with E-state index in [9.17, 15) is 19.2 Å². The van der Waals surface area contributed by atoms with Crippen LogP contribution in [-0.4, -0.2) is 48.7 Å². The number of fused-ring (bicyclic) bond motifs is 1. The van der Waals surface area contributed by atoms with Gasteiger partial charge in [0.1, 0.15) is 12.2 Å². The summed E-state index contributed by atoms with van der Waals surface area (Å²) in [4.78, 5) is 49.9. The number of ether oxygens (including phenoxy) is 5. The molecule has 0 aromatic heterocycles. The lowest BCUT2D eigenvalue weighted by Crippen LogP contribution is -2.56. The van der Waals surface area contributed by atoms with E-state index in [-0.39, 0.29) is 17.3 Å². The summed E-state index contributed by atoms with van der Waals surface area (Å²) in [6.07, 6.45) is 2.90. The van der Waals surface area contributed by atoms with Gasteiger partial charge in [0, 0.05) is 41.9 Å². The summed E-state index contributed by atoms with van der Waals surface area (Å²) >= 11 is 0. The minimum Gasteiger partial charge on any atom is -0.458 e. The zero-order valence-corrected chi connectivity index (χ0v) is 23.4. The zero-order chi connectivity index (χ0) is 28.2. The van der Waals surface area contributed by atoms with Crippen LogP contribution in [0.4, 0.5) is 0 Å². The van der Waals surface area contributed by atoms with E-state index in [1.165, 1.54) is 13.8 Å². The maximum absolute atomic E-state index is 12.9. The van der Waals surface area contributed by atoms with Crippen LogP contribution in [0.25, 0.3) is 0 Å². The fraction of sp³-hybridized carbons (Fsp3) is 0.655. The van der Waals surface area contributed by atoms with Gasteiger partial charge in [-0.1, -0.05) is 26.0 Å². The highest BCUT2D eigenvalue weighted by atomic mass is 16.8. The average Bonchev–Trinajstić information content (AvgIpc) is 3.25. The molecule has 0 N–H and O–H groups in total. The Kier molecular flexibility index (Phi) is 7.38. The quantitative estimate of drug-likeness (QED) is 0.216. The van der Waals surface area contributed by atoms with Crippen LogP contribution in [0.3, 0.4) is 0 Å². The maximum Gasteiger partial charge on any atom is 0.333 e. The summed E-state index contributed by atoms with van der Waals surface area (Å²) in [6.45, 7) is 13.8. The first kappa shape index (κ1) is 28.1. The van der Waals surface area contributed by atoms with E-state index in [2.05, 4.69) is 13.8 Å². The van der Waals surface area contributed by atoms with Crippen molar-refractivity contribution < 1.29 is 42.9 Å². The summed E-state index contributed by atoms with van der Waals surface area (Å²) in [5.74, 6) is -2.62. The Bertz CT molecular complexity index is 1130. The Hall–Kier alpha value is -2.94. The second kappa shape index (κ2) is 9.98. The molecule has 0 aromatic carbocycles. The first-order valence-corrected chi connectivity index (χ1v) is 13.2. The van der Waals surface area contributed by atoms with E-state index in [0.29, 0.717) is 29.6 Å². The molecule has 3 fully saturated rings. The van der Waals surface area contributed by atoms with Crippen LogP contribution < -0.4 is 0 Å². The minimum absolute atomic E-state index is 0.0495. The Morgan fingerprint density at radius 1 is 0.895 bits per heavy atom. The third kappa shape index (κ3) is 4.38. The Labute approximate surface area is 223 Å². The molecule has 1 spiro atoms. The predicted octanol–water partition coefficient (Wildman–Crippen LogP) is 4.16. The van der Waals surface area contributed by atoms with E-state index in [4.69, 9.17) is 23.7 Å². The van der Waals surface area contributed by atoms with Crippen molar-refractivity contribution in [1.82, 2.24) is 0 Å². The first-order valence-electron chi connectivity index (χ1n) is 13.2. The second-order valence-corrected chi connectivity index (χ2v) is 11.4. The SMILES string of the molecule is C/C=C(/C)C(=O)O[C@@H]1C=C2[C@H](OC(C)=O)O[C@@H](OC(C)=O)[C@@H]3[C@H](OC(=O)/C(C)=C\C)C[C@H]4C(C)(C)[C@@H]1C[C@]234. The lowest BCUT2D eigenvalue weighted by Gasteiger charge is -2.50. The standard InChI is InChI=1S/C29H38O9/c1-9-14(3)24(32)36-20-11-18-26(34-16(5)30)38-27(35-17(6)31)23-21(37-25(33)15(4)10-2)12-22-28(7,8)19(20)13-29(18,22)23/h9-11,19-23,26-27H,12-13H2,1-8H3/b14-9-,15-10-/t19-,20-,21-,22+,23+,26-,27-,29-/m1/s1. The molecule has 2 bridgehead atoms. The Morgan fingerprint density at radius 2 is 1.47 bits per heavy atom. The van der Waals surface area contributed by atoms with Crippen LogP contribution in [0.15, 0.2) is 34.9 Å². The third-order valence-electron chi connectivity index (χ3n) is 9.15. The van der Waals surface area contributed by atoms with Crippen LogP contribution in [0.2, 0.25) is 0 Å². The van der Waals surface area contributed by atoms with Gasteiger partial charge in [0.2, 0.25) is 12.6 Å². The van der Waals surface area contributed by atoms with Gasteiger partial charge >= 0.3 is 23.9 Å². The van der Waals surface area contributed by atoms with Crippen molar-refractivity contribution in [3.63, 3.8) is 0 Å². The van der Waals surface area contributed by atoms with Gasteiger partial charge in [0.15, 0.2) is 0 Å². The first-order chi connectivity index (χ1) is 17.8. The molecule has 9 nitrogen and oxygen atoms in total. The van der Waals surface area contributed by atoms with E-state index in [1.807, 2.05) is 6.08 Å². The van der Waals surface area contributed by atoms with E-state index < -0.39 is 60.0 Å². The van der Waals surface area contributed by atoms with Crippen LogP contribution in [0.1, 0.15) is 68.2 Å². The largest absolute Gasteiger partial charge is 0.458 e. The summed E-state index contributed by atoms with van der Waals surface area (Å²) in [7, 11) is 0. The monoisotopic (exact) mass is 530 g/mol. The van der Waals surface area contributed by atoms with Gasteiger partial charge in [0.05, 0.1) is 5.92 Å². The second-order valence-electron chi connectivity index (χ2n) is 11.4. The molecule has 1 heterocycles. The van der Waals surface area contributed by atoms with Gasteiger partial charge in [-0.15, -0.1) is 0 Å². The highest BCUT2D eigenvalue weighted by Gasteiger charge is 2.76. The molecule has 9 heteroatoms. The van der Waals surface area contributed by atoms with Crippen LogP contribution in [0, 0.1) is 28.6 Å². The normalized spacial score (nSPS) is 37.1. The van der Waals surface area contributed by atoms with Gasteiger partial charge < -0.3 is 18.9 Å². The molecule has 1 saturated heterocycles. The molecule has 208 valence electrons. The lowest BCUT2D eigenvalue weighted by atomic mass is 9.62. The number of carbonyl (C=O) groups is 4. The van der Waals surface area contributed by atoms with E-state index >= 15 is 0 Å². The molecule has 2 saturated carbocycles. The fourth-order valence-corrected chi connectivity index (χ4v) is 7.21. The van der Waals surface area contributed by atoms with Crippen LogP contribution in [0.5, 0.6) is 0 Å².